The van der Waals surface area contributed by atoms with Crippen molar-refractivity contribution in [3.05, 3.63) is 68.7 Å². The van der Waals surface area contributed by atoms with Crippen molar-refractivity contribution in [2.45, 2.75) is 33.6 Å². The Morgan fingerprint density at radius 3 is 2.33 bits per heavy atom. The van der Waals surface area contributed by atoms with Gasteiger partial charge in [0.25, 0.3) is 0 Å². The number of hydrogen-bond donors (Lipinski definition) is 0. The zero-order valence-electron chi connectivity index (χ0n) is 16.0. The van der Waals surface area contributed by atoms with Gasteiger partial charge >= 0.3 is 0 Å². The Labute approximate surface area is 178 Å². The van der Waals surface area contributed by atoms with Gasteiger partial charge in [-0.15, -0.1) is 0 Å². The Hall–Kier alpha value is -1.72. The van der Waals surface area contributed by atoms with Gasteiger partial charge in [0.05, 0.1) is 11.4 Å². The molecular formula is C22H23Br2N3. The van der Waals surface area contributed by atoms with Gasteiger partial charge in [-0.05, 0) is 65.5 Å². The number of aryl methyl sites for hydroxylation is 1. The molecule has 3 rings (SSSR count). The lowest BCUT2D eigenvalue weighted by Crippen LogP contribution is -2.20. The zero-order chi connectivity index (χ0) is 19.6. The van der Waals surface area contributed by atoms with Crippen molar-refractivity contribution >= 4 is 43.5 Å². The Kier molecular flexibility index (Phi) is 6.33. The summed E-state index contributed by atoms with van der Waals surface area (Å²) in [6.45, 7) is 9.31. The summed E-state index contributed by atoms with van der Waals surface area (Å²) in [7, 11) is 0. The third-order valence-electron chi connectivity index (χ3n) is 4.48. The molecule has 0 saturated heterocycles. The minimum Gasteiger partial charge on any atom is -0.310 e. The molecule has 27 heavy (non-hydrogen) atoms. The lowest BCUT2D eigenvalue weighted by Gasteiger charge is -2.24. The largest absolute Gasteiger partial charge is 0.310 e. The molecule has 1 aromatic heterocycles. The number of nitrogens with zero attached hydrogens (tertiary/aromatic N) is 3. The molecule has 0 aliphatic rings. The molecule has 140 valence electrons. The molecule has 0 bridgehead atoms. The molecule has 0 amide bonds. The van der Waals surface area contributed by atoms with Crippen LogP contribution < -0.4 is 4.90 Å². The van der Waals surface area contributed by atoms with E-state index < -0.39 is 0 Å². The van der Waals surface area contributed by atoms with Gasteiger partial charge in [-0.2, -0.15) is 0 Å². The maximum Gasteiger partial charge on any atom is 0.230 e. The van der Waals surface area contributed by atoms with Gasteiger partial charge in [0.2, 0.25) is 5.95 Å². The molecule has 2 aromatic carbocycles. The van der Waals surface area contributed by atoms with Gasteiger partial charge < -0.3 is 4.90 Å². The van der Waals surface area contributed by atoms with Crippen molar-refractivity contribution < 1.29 is 0 Å². The first-order chi connectivity index (χ1) is 12.9. The van der Waals surface area contributed by atoms with Crippen LogP contribution in [0.25, 0.3) is 11.3 Å². The summed E-state index contributed by atoms with van der Waals surface area (Å²) in [4.78, 5) is 11.7. The molecule has 3 aromatic rings. The predicted molar refractivity (Wildman–Crippen MR) is 121 cm³/mol. The third kappa shape index (κ3) is 4.41. The average Bonchev–Trinajstić information content (AvgIpc) is 2.63. The second kappa shape index (κ2) is 8.53. The van der Waals surface area contributed by atoms with E-state index in [1.54, 1.807) is 0 Å². The van der Waals surface area contributed by atoms with Crippen LogP contribution in [-0.4, -0.2) is 16.5 Å². The summed E-state index contributed by atoms with van der Waals surface area (Å²) in [5, 5.41) is 0. The second-order valence-corrected chi connectivity index (χ2v) is 8.49. The number of hydrogen-bond acceptors (Lipinski definition) is 3. The number of benzene rings is 2. The van der Waals surface area contributed by atoms with Crippen LogP contribution >= 0.6 is 31.9 Å². The minimum atomic E-state index is 0.489. The number of rotatable bonds is 5. The highest BCUT2D eigenvalue weighted by Gasteiger charge is 2.17. The highest BCUT2D eigenvalue weighted by molar-refractivity contribution is 9.11. The number of anilines is 2. The summed E-state index contributed by atoms with van der Waals surface area (Å²) in [6.07, 6.45) is 0. The van der Waals surface area contributed by atoms with E-state index in [-0.39, 0.29) is 0 Å². The van der Waals surface area contributed by atoms with Gasteiger partial charge in [0.1, 0.15) is 0 Å². The standard InChI is InChI=1S/C22H23Br2N3/c1-5-27(21-11-10-16(14(2)3)13-19(21)24)22-25-15(4)12-20(26-22)17-8-6-7-9-18(17)23/h6-14H,5H2,1-4H3. The SMILES string of the molecule is CCN(c1nc(C)cc(-c2ccccc2Br)n1)c1ccc(C(C)C)cc1Br. The molecule has 0 radical (unpaired) electrons. The summed E-state index contributed by atoms with van der Waals surface area (Å²) in [6, 6.07) is 16.7. The lowest BCUT2D eigenvalue weighted by molar-refractivity contribution is 0.863. The normalized spacial score (nSPS) is 11.1. The summed E-state index contributed by atoms with van der Waals surface area (Å²) >= 11 is 7.38. The van der Waals surface area contributed by atoms with Crippen LogP contribution in [0.2, 0.25) is 0 Å². The Bertz CT molecular complexity index is 954. The molecule has 5 heteroatoms. The van der Waals surface area contributed by atoms with Crippen molar-refractivity contribution in [2.75, 3.05) is 11.4 Å². The number of halogens is 2. The van der Waals surface area contributed by atoms with Crippen LogP contribution in [0.5, 0.6) is 0 Å². The average molecular weight is 489 g/mol. The van der Waals surface area contributed by atoms with Crippen molar-refractivity contribution in [2.24, 2.45) is 0 Å². The fourth-order valence-electron chi connectivity index (χ4n) is 3.00. The maximum absolute atomic E-state index is 4.87. The molecule has 3 nitrogen and oxygen atoms in total. The zero-order valence-corrected chi connectivity index (χ0v) is 19.2. The molecule has 0 N–H and O–H groups in total. The van der Waals surface area contributed by atoms with E-state index in [0.29, 0.717) is 11.9 Å². The maximum atomic E-state index is 4.87. The van der Waals surface area contributed by atoms with E-state index >= 15 is 0 Å². The van der Waals surface area contributed by atoms with Crippen LogP contribution in [0.1, 0.15) is 37.9 Å². The van der Waals surface area contributed by atoms with Gasteiger partial charge in [0.15, 0.2) is 0 Å². The van der Waals surface area contributed by atoms with Crippen LogP contribution in [0.3, 0.4) is 0 Å². The van der Waals surface area contributed by atoms with Crippen LogP contribution in [0.4, 0.5) is 11.6 Å². The van der Waals surface area contributed by atoms with Crippen molar-refractivity contribution in [3.63, 3.8) is 0 Å². The van der Waals surface area contributed by atoms with Gasteiger partial charge in [-0.1, -0.05) is 54.0 Å². The molecule has 0 aliphatic carbocycles. The van der Waals surface area contributed by atoms with E-state index in [4.69, 9.17) is 9.97 Å². The Balaban J connectivity index is 2.08. The first-order valence-corrected chi connectivity index (χ1v) is 10.7. The van der Waals surface area contributed by atoms with E-state index in [1.807, 2.05) is 31.2 Å². The van der Waals surface area contributed by atoms with Gasteiger partial charge in [-0.25, -0.2) is 9.97 Å². The van der Waals surface area contributed by atoms with Crippen LogP contribution in [-0.2, 0) is 0 Å². The van der Waals surface area contributed by atoms with Crippen molar-refractivity contribution in [1.29, 1.82) is 0 Å². The molecule has 0 fully saturated rings. The quantitative estimate of drug-likeness (QED) is 0.378. The molecular weight excluding hydrogens is 466 g/mol. The van der Waals surface area contributed by atoms with E-state index in [9.17, 15) is 0 Å². The number of aromatic nitrogens is 2. The Morgan fingerprint density at radius 1 is 0.963 bits per heavy atom. The van der Waals surface area contributed by atoms with E-state index in [2.05, 4.69) is 81.8 Å². The third-order valence-corrected chi connectivity index (χ3v) is 5.81. The van der Waals surface area contributed by atoms with Crippen LogP contribution in [0.15, 0.2) is 57.5 Å². The lowest BCUT2D eigenvalue weighted by atomic mass is 10.0. The molecule has 0 aliphatic heterocycles. The fourth-order valence-corrected chi connectivity index (χ4v) is 4.10. The second-order valence-electron chi connectivity index (χ2n) is 6.78. The van der Waals surface area contributed by atoms with Gasteiger partial charge in [-0.3, -0.25) is 0 Å². The topological polar surface area (TPSA) is 29.0 Å². The van der Waals surface area contributed by atoms with E-state index in [0.717, 1.165) is 38.1 Å². The first-order valence-electron chi connectivity index (χ1n) is 9.08. The van der Waals surface area contributed by atoms with Crippen LogP contribution in [0, 0.1) is 6.92 Å². The summed E-state index contributed by atoms with van der Waals surface area (Å²) in [5.41, 5.74) is 5.30. The van der Waals surface area contributed by atoms with Crippen molar-refractivity contribution in [3.8, 4) is 11.3 Å². The monoisotopic (exact) mass is 487 g/mol. The highest BCUT2D eigenvalue weighted by Crippen LogP contribution is 2.34. The summed E-state index contributed by atoms with van der Waals surface area (Å²) in [5.74, 6) is 1.20. The molecule has 0 spiro atoms. The van der Waals surface area contributed by atoms with Gasteiger partial charge in [0, 0.05) is 26.7 Å². The Morgan fingerprint density at radius 2 is 1.70 bits per heavy atom. The molecule has 0 saturated carbocycles. The molecule has 1 heterocycles. The predicted octanol–water partition coefficient (Wildman–Crippen LogP) is 7.26. The van der Waals surface area contributed by atoms with E-state index in [1.165, 1.54) is 5.56 Å². The first kappa shape index (κ1) is 20.0. The molecule has 0 unspecified atom stereocenters. The highest BCUT2D eigenvalue weighted by atomic mass is 79.9. The molecule has 0 atom stereocenters. The summed E-state index contributed by atoms with van der Waals surface area (Å²) < 4.78 is 2.09. The smallest absolute Gasteiger partial charge is 0.230 e. The fraction of sp³-hybridized carbons (Fsp3) is 0.273. The van der Waals surface area contributed by atoms with Crippen molar-refractivity contribution in [1.82, 2.24) is 9.97 Å². The minimum absolute atomic E-state index is 0.489.